The first-order valence-corrected chi connectivity index (χ1v) is 17.5. The molecule has 10 heteroatoms. The third kappa shape index (κ3) is 5.34. The smallest absolute Gasteiger partial charge is 0.424 e. The van der Waals surface area contributed by atoms with Gasteiger partial charge in [-0.15, -0.1) is 0 Å². The molecule has 250 valence electrons. The summed E-state index contributed by atoms with van der Waals surface area (Å²) in [5, 5.41) is 9.56. The molecule has 49 heavy (non-hydrogen) atoms. The molecule has 4 fully saturated rings. The summed E-state index contributed by atoms with van der Waals surface area (Å²) in [6, 6.07) is 22.2. The highest BCUT2D eigenvalue weighted by atomic mass is 16.5. The van der Waals surface area contributed by atoms with Crippen molar-refractivity contribution in [3.8, 4) is 33.6 Å². The number of amides is 1. The Labute approximate surface area is 285 Å². The van der Waals surface area contributed by atoms with Crippen LogP contribution in [0.25, 0.3) is 44.4 Å². The van der Waals surface area contributed by atoms with Crippen LogP contribution in [0.5, 0.6) is 0 Å². The number of fused-ring (bicyclic) bond motifs is 3. The Bertz CT molecular complexity index is 2040. The lowest BCUT2D eigenvalue weighted by Gasteiger charge is -2.40. The highest BCUT2D eigenvalue weighted by molar-refractivity contribution is 5.90. The van der Waals surface area contributed by atoms with Crippen LogP contribution in [0.1, 0.15) is 63.3 Å². The molecule has 0 radical (unpaired) electrons. The van der Waals surface area contributed by atoms with Crippen molar-refractivity contribution in [3.63, 3.8) is 0 Å². The first-order chi connectivity index (χ1) is 23.9. The summed E-state index contributed by atoms with van der Waals surface area (Å²) in [6.45, 7) is 3.89. The van der Waals surface area contributed by atoms with Crippen LogP contribution in [0.4, 0.5) is 4.79 Å². The molecule has 5 aromatic rings. The van der Waals surface area contributed by atoms with Gasteiger partial charge in [0.05, 0.1) is 43.0 Å². The number of hydrogen-bond acceptors (Lipinski definition) is 7. The number of aldehydes is 1. The van der Waals surface area contributed by atoms with Crippen molar-refractivity contribution in [1.82, 2.24) is 35.3 Å². The quantitative estimate of drug-likeness (QED) is 0.146. The van der Waals surface area contributed by atoms with Crippen LogP contribution in [-0.4, -0.2) is 67.6 Å². The van der Waals surface area contributed by atoms with Crippen LogP contribution in [-0.2, 0) is 9.53 Å². The number of nitrogens with one attached hydrogen (secondary N) is 3. The number of aromatic nitrogens is 4. The van der Waals surface area contributed by atoms with E-state index in [2.05, 4.69) is 85.9 Å². The number of H-pyrrole nitrogens is 2. The van der Waals surface area contributed by atoms with E-state index in [9.17, 15) is 9.59 Å². The maximum absolute atomic E-state index is 13.0. The van der Waals surface area contributed by atoms with Gasteiger partial charge in [-0.3, -0.25) is 0 Å². The fourth-order valence-corrected chi connectivity index (χ4v) is 8.22. The van der Waals surface area contributed by atoms with Crippen LogP contribution < -0.4 is 5.32 Å². The van der Waals surface area contributed by atoms with Gasteiger partial charge in [-0.2, -0.15) is 0 Å². The van der Waals surface area contributed by atoms with Gasteiger partial charge < -0.3 is 24.8 Å². The van der Waals surface area contributed by atoms with Crippen LogP contribution in [0.3, 0.4) is 0 Å². The molecule has 9 rings (SSSR count). The van der Waals surface area contributed by atoms with Crippen LogP contribution in [0.2, 0.25) is 0 Å². The number of imidazole rings is 2. The third-order valence-corrected chi connectivity index (χ3v) is 11.2. The van der Waals surface area contributed by atoms with E-state index in [1.165, 1.54) is 36.1 Å². The minimum atomic E-state index is -0.610. The number of ether oxygens (including phenoxy) is 1. The molecule has 4 heterocycles. The van der Waals surface area contributed by atoms with Crippen molar-refractivity contribution < 1.29 is 14.3 Å². The lowest BCUT2D eigenvalue weighted by atomic mass is 9.98. The van der Waals surface area contributed by atoms with Crippen molar-refractivity contribution in [3.05, 3.63) is 84.7 Å². The van der Waals surface area contributed by atoms with E-state index < -0.39 is 12.1 Å². The summed E-state index contributed by atoms with van der Waals surface area (Å²) in [5.41, 5.74) is 6.48. The lowest BCUT2D eigenvalue weighted by Crippen LogP contribution is -2.55. The topological polar surface area (TPSA) is 119 Å². The highest BCUT2D eigenvalue weighted by Gasteiger charge is 2.57. The fourth-order valence-electron chi connectivity index (χ4n) is 8.22. The molecule has 0 bridgehead atoms. The van der Waals surface area contributed by atoms with Gasteiger partial charge in [0.15, 0.2) is 0 Å². The Morgan fingerprint density at radius 2 is 1.49 bits per heavy atom. The van der Waals surface area contributed by atoms with Gasteiger partial charge in [0.2, 0.25) is 0 Å². The second kappa shape index (κ2) is 11.7. The third-order valence-electron chi connectivity index (χ3n) is 11.2. The average Bonchev–Trinajstić information content (AvgIpc) is 3.69. The van der Waals surface area contributed by atoms with Crippen molar-refractivity contribution in [2.24, 2.45) is 17.8 Å². The maximum atomic E-state index is 13.0. The number of carbonyl (C=O) groups excluding carboxylic acids is 2. The molecule has 3 aromatic carbocycles. The molecule has 1 unspecified atom stereocenters. The second-order valence-electron chi connectivity index (χ2n) is 14.7. The predicted octanol–water partition coefficient (Wildman–Crippen LogP) is 7.05. The zero-order valence-corrected chi connectivity index (χ0v) is 28.0. The largest absolute Gasteiger partial charge is 0.452 e. The van der Waals surface area contributed by atoms with Gasteiger partial charge in [-0.05, 0) is 83.0 Å². The molecule has 3 N–H and O–H groups in total. The van der Waals surface area contributed by atoms with Crippen LogP contribution in [0.15, 0.2) is 73.1 Å². The molecule has 7 atom stereocenters. The first-order valence-electron chi connectivity index (χ1n) is 17.5. The number of aromatic amines is 2. The molecule has 2 aliphatic carbocycles. The summed E-state index contributed by atoms with van der Waals surface area (Å²) >= 11 is 0. The summed E-state index contributed by atoms with van der Waals surface area (Å²) in [6.07, 6.45) is 8.53. The number of piperidine rings is 2. The van der Waals surface area contributed by atoms with Crippen molar-refractivity contribution in [1.29, 1.82) is 0 Å². The normalized spacial score (nSPS) is 26.0. The first kappa shape index (κ1) is 30.3. The molecular weight excluding hydrogens is 614 g/mol. The molecule has 2 saturated heterocycles. The van der Waals surface area contributed by atoms with Gasteiger partial charge in [-0.1, -0.05) is 62.4 Å². The van der Waals surface area contributed by atoms with Gasteiger partial charge in [0.1, 0.15) is 24.0 Å². The number of rotatable bonds is 9. The number of hydrogen-bond donors (Lipinski definition) is 3. The zero-order valence-electron chi connectivity index (χ0n) is 28.0. The standard InChI is InChI=1S/C39H41N7O3/c1-21(2)36(20-47)46(39(48)49-3)45-34-16-29(34)17-35(45)38-41-19-33(44-38)27-11-10-25-12-24(8-9-26(25)13-27)22-4-6-23(7-5-22)32-18-40-37(43-32)31-15-28-14-30(28)42-31/h4-13,18-21,28-31,34-36,42H,14-17H2,1-3H3,(H,40,43)(H,41,44)/t28-,29-,30-,31?,34-,35+,36-/m1/s1. The van der Waals surface area contributed by atoms with E-state index in [0.29, 0.717) is 18.0 Å². The highest BCUT2D eigenvalue weighted by Crippen LogP contribution is 2.54. The monoisotopic (exact) mass is 655 g/mol. The summed E-state index contributed by atoms with van der Waals surface area (Å²) in [5.74, 6) is 3.09. The minimum Gasteiger partial charge on any atom is -0.452 e. The number of nitrogens with zero attached hydrogens (tertiary/aromatic N) is 4. The van der Waals surface area contributed by atoms with Crippen LogP contribution in [0, 0.1) is 17.8 Å². The van der Waals surface area contributed by atoms with Gasteiger partial charge in [0.25, 0.3) is 0 Å². The Kier molecular flexibility index (Phi) is 7.21. The maximum Gasteiger partial charge on any atom is 0.424 e. The van der Waals surface area contributed by atoms with Crippen molar-refractivity contribution in [2.45, 2.75) is 69.7 Å². The molecule has 2 aliphatic heterocycles. The lowest BCUT2D eigenvalue weighted by molar-refractivity contribution is -0.126. The molecule has 2 aromatic heterocycles. The Balaban J connectivity index is 0.926. The van der Waals surface area contributed by atoms with E-state index in [4.69, 9.17) is 9.72 Å². The van der Waals surface area contributed by atoms with Crippen molar-refractivity contribution >= 4 is 23.2 Å². The van der Waals surface area contributed by atoms with Gasteiger partial charge in [0, 0.05) is 17.6 Å². The van der Waals surface area contributed by atoms with E-state index in [1.54, 1.807) is 0 Å². The van der Waals surface area contributed by atoms with Crippen molar-refractivity contribution in [2.75, 3.05) is 7.11 Å². The summed E-state index contributed by atoms with van der Waals surface area (Å²) in [4.78, 5) is 41.7. The van der Waals surface area contributed by atoms with E-state index in [-0.39, 0.29) is 18.0 Å². The molecule has 10 nitrogen and oxygen atoms in total. The molecule has 4 aliphatic rings. The zero-order chi connectivity index (χ0) is 33.4. The molecule has 1 amide bonds. The average molecular weight is 656 g/mol. The number of carbonyl (C=O) groups is 2. The number of methoxy groups -OCH3 is 1. The molecular formula is C39H41N7O3. The Hall–Kier alpha value is -4.80. The van der Waals surface area contributed by atoms with Gasteiger partial charge >= 0.3 is 6.09 Å². The Morgan fingerprint density at radius 1 is 0.837 bits per heavy atom. The number of hydrazine groups is 1. The van der Waals surface area contributed by atoms with E-state index in [0.717, 1.165) is 70.0 Å². The second-order valence-corrected chi connectivity index (χ2v) is 14.7. The molecule has 2 saturated carbocycles. The molecule has 0 spiro atoms. The van der Waals surface area contributed by atoms with E-state index in [1.807, 2.05) is 26.2 Å². The fraction of sp³-hybridized carbons (Fsp3) is 0.385. The Morgan fingerprint density at radius 3 is 2.18 bits per heavy atom. The van der Waals surface area contributed by atoms with Crippen LogP contribution >= 0.6 is 0 Å². The van der Waals surface area contributed by atoms with E-state index >= 15 is 0 Å². The number of benzene rings is 3. The summed E-state index contributed by atoms with van der Waals surface area (Å²) < 4.78 is 5.16. The van der Waals surface area contributed by atoms with Gasteiger partial charge in [-0.25, -0.2) is 24.8 Å². The summed E-state index contributed by atoms with van der Waals surface area (Å²) in [7, 11) is 1.36. The predicted molar refractivity (Wildman–Crippen MR) is 187 cm³/mol. The minimum absolute atomic E-state index is 0.0560. The SMILES string of the molecule is COC(=O)N([C@H](C=O)C(C)C)N1[C@@H]2C[C@@H]2C[C@H]1c1ncc(-c2ccc3cc(-c4ccc(-c5cnc(C6C[C@H]7C[C@H]7N6)[nH]5)cc4)ccc3c2)[nH]1.